The van der Waals surface area contributed by atoms with Gasteiger partial charge in [-0.3, -0.25) is 9.59 Å². The van der Waals surface area contributed by atoms with Gasteiger partial charge in [-0.2, -0.15) is 0 Å². The molecular weight excluding hydrogens is 509 g/mol. The summed E-state index contributed by atoms with van der Waals surface area (Å²) < 4.78 is 16.3. The van der Waals surface area contributed by atoms with E-state index < -0.39 is 5.82 Å². The summed E-state index contributed by atoms with van der Waals surface area (Å²) in [5.74, 6) is -0.392. The maximum absolute atomic E-state index is 13.9. The van der Waals surface area contributed by atoms with Crippen LogP contribution in [0.4, 0.5) is 10.1 Å². The van der Waals surface area contributed by atoms with E-state index in [1.807, 2.05) is 39.0 Å². The molecule has 2 aromatic carbocycles. The number of rotatable bonds is 8. The molecule has 3 rings (SSSR count). The molecule has 33 heavy (non-hydrogen) atoms. The number of aromatic nitrogens is 3. The minimum absolute atomic E-state index is 0.0312. The standard InChI is InChI=1S/C23H25BrFN5O2S/c1-13(2)20(27-22(32)15-7-5-6-14(3)10-15)21-28-29-23(30(21)4)33-12-19(31)26-18-9-8-16(24)11-17(18)25/h5-11,13,20H,12H2,1-4H3,(H,26,31)(H,27,32)/t20-/m0/s1. The van der Waals surface area contributed by atoms with Gasteiger partial charge in [0.05, 0.1) is 17.5 Å². The van der Waals surface area contributed by atoms with Crippen LogP contribution in [0.25, 0.3) is 0 Å². The lowest BCUT2D eigenvalue weighted by molar-refractivity contribution is -0.113. The molecular formula is C23H25BrFN5O2S. The molecule has 0 radical (unpaired) electrons. The van der Waals surface area contributed by atoms with Crippen molar-refractivity contribution in [1.82, 2.24) is 20.1 Å². The van der Waals surface area contributed by atoms with E-state index in [9.17, 15) is 14.0 Å². The first kappa shape index (κ1) is 24.9. The van der Waals surface area contributed by atoms with Crippen molar-refractivity contribution in [2.45, 2.75) is 32.0 Å². The van der Waals surface area contributed by atoms with Gasteiger partial charge in [0.1, 0.15) is 5.82 Å². The molecule has 0 aliphatic carbocycles. The van der Waals surface area contributed by atoms with Crippen LogP contribution in [0.3, 0.4) is 0 Å². The van der Waals surface area contributed by atoms with Gasteiger partial charge in [-0.05, 0) is 43.2 Å². The molecule has 2 N–H and O–H groups in total. The number of thioether (sulfide) groups is 1. The van der Waals surface area contributed by atoms with E-state index in [1.165, 1.54) is 23.9 Å². The fourth-order valence-electron chi connectivity index (χ4n) is 3.17. The highest BCUT2D eigenvalue weighted by molar-refractivity contribution is 9.10. The Labute approximate surface area is 204 Å². The van der Waals surface area contributed by atoms with Crippen LogP contribution in [0.1, 0.15) is 41.6 Å². The summed E-state index contributed by atoms with van der Waals surface area (Å²) in [6.07, 6.45) is 0. The first-order valence-corrected chi connectivity index (χ1v) is 12.1. The summed E-state index contributed by atoms with van der Waals surface area (Å²) in [5, 5.41) is 14.6. The first-order valence-electron chi connectivity index (χ1n) is 10.3. The average molecular weight is 534 g/mol. The van der Waals surface area contributed by atoms with Crippen LogP contribution in [0.2, 0.25) is 0 Å². The van der Waals surface area contributed by atoms with Crippen molar-refractivity contribution < 1.29 is 14.0 Å². The van der Waals surface area contributed by atoms with E-state index in [0.29, 0.717) is 21.0 Å². The van der Waals surface area contributed by atoms with Gasteiger partial charge in [-0.25, -0.2) is 4.39 Å². The normalized spacial score (nSPS) is 12.0. The van der Waals surface area contributed by atoms with Gasteiger partial charge in [0.25, 0.3) is 5.91 Å². The molecule has 0 aliphatic rings. The Morgan fingerprint density at radius 3 is 2.61 bits per heavy atom. The number of aryl methyl sites for hydroxylation is 1. The molecule has 3 aromatic rings. The largest absolute Gasteiger partial charge is 0.342 e. The Morgan fingerprint density at radius 1 is 1.18 bits per heavy atom. The van der Waals surface area contributed by atoms with Crippen LogP contribution in [-0.2, 0) is 11.8 Å². The molecule has 1 atom stereocenters. The van der Waals surface area contributed by atoms with Gasteiger partial charge in [0, 0.05) is 17.1 Å². The second-order valence-electron chi connectivity index (χ2n) is 7.93. The number of halogens is 2. The lowest BCUT2D eigenvalue weighted by Gasteiger charge is -2.21. The monoisotopic (exact) mass is 533 g/mol. The summed E-state index contributed by atoms with van der Waals surface area (Å²) in [6.45, 7) is 5.91. The molecule has 2 amide bonds. The van der Waals surface area contributed by atoms with Gasteiger partial charge in [-0.1, -0.05) is 59.2 Å². The number of nitrogens with one attached hydrogen (secondary N) is 2. The molecule has 7 nitrogen and oxygen atoms in total. The Hall–Kier alpha value is -2.72. The fraction of sp³-hybridized carbons (Fsp3) is 0.304. The molecule has 0 fully saturated rings. The van der Waals surface area contributed by atoms with E-state index in [1.54, 1.807) is 23.7 Å². The number of amides is 2. The molecule has 1 aromatic heterocycles. The Kier molecular flexibility index (Phi) is 8.25. The molecule has 10 heteroatoms. The Balaban J connectivity index is 1.67. The second-order valence-corrected chi connectivity index (χ2v) is 9.78. The maximum atomic E-state index is 13.9. The Morgan fingerprint density at radius 2 is 1.94 bits per heavy atom. The van der Waals surface area contributed by atoms with Gasteiger partial charge in [0.2, 0.25) is 5.91 Å². The third-order valence-electron chi connectivity index (χ3n) is 4.92. The zero-order chi connectivity index (χ0) is 24.1. The van der Waals surface area contributed by atoms with Crippen molar-refractivity contribution in [2.75, 3.05) is 11.1 Å². The summed E-state index contributed by atoms with van der Waals surface area (Å²) in [6, 6.07) is 11.4. The molecule has 0 saturated carbocycles. The minimum atomic E-state index is -0.521. The predicted molar refractivity (Wildman–Crippen MR) is 131 cm³/mol. The molecule has 1 heterocycles. The number of carbonyl (C=O) groups is 2. The highest BCUT2D eigenvalue weighted by Crippen LogP contribution is 2.25. The molecule has 174 valence electrons. The molecule has 0 spiro atoms. The van der Waals surface area contributed by atoms with Gasteiger partial charge in [0.15, 0.2) is 11.0 Å². The highest BCUT2D eigenvalue weighted by Gasteiger charge is 2.25. The van der Waals surface area contributed by atoms with Gasteiger partial charge in [-0.15, -0.1) is 10.2 Å². The van der Waals surface area contributed by atoms with Gasteiger partial charge < -0.3 is 15.2 Å². The van der Waals surface area contributed by atoms with E-state index in [4.69, 9.17) is 0 Å². The van der Waals surface area contributed by atoms with E-state index in [-0.39, 0.29) is 35.2 Å². The third-order valence-corrected chi connectivity index (χ3v) is 6.43. The fourth-order valence-corrected chi connectivity index (χ4v) is 4.22. The smallest absolute Gasteiger partial charge is 0.251 e. The number of anilines is 1. The number of benzene rings is 2. The van der Waals surface area contributed by atoms with Crippen molar-refractivity contribution >= 4 is 45.2 Å². The zero-order valence-electron chi connectivity index (χ0n) is 18.7. The molecule has 0 bridgehead atoms. The first-order chi connectivity index (χ1) is 15.7. The number of hydrogen-bond acceptors (Lipinski definition) is 5. The van der Waals surface area contributed by atoms with E-state index in [2.05, 4.69) is 36.8 Å². The zero-order valence-corrected chi connectivity index (χ0v) is 21.1. The van der Waals surface area contributed by atoms with Crippen LogP contribution in [0.15, 0.2) is 52.1 Å². The second kappa shape index (κ2) is 10.9. The van der Waals surface area contributed by atoms with Crippen LogP contribution in [0, 0.1) is 18.7 Å². The van der Waals surface area contributed by atoms with Crippen molar-refractivity contribution in [2.24, 2.45) is 13.0 Å². The highest BCUT2D eigenvalue weighted by atomic mass is 79.9. The van der Waals surface area contributed by atoms with E-state index in [0.717, 1.165) is 5.56 Å². The van der Waals surface area contributed by atoms with Crippen LogP contribution < -0.4 is 10.6 Å². The molecule has 0 saturated heterocycles. The summed E-state index contributed by atoms with van der Waals surface area (Å²) >= 11 is 4.37. The maximum Gasteiger partial charge on any atom is 0.251 e. The number of hydrogen-bond donors (Lipinski definition) is 2. The number of carbonyl (C=O) groups excluding carboxylic acids is 2. The van der Waals surface area contributed by atoms with Crippen LogP contribution >= 0.6 is 27.7 Å². The summed E-state index contributed by atoms with van der Waals surface area (Å²) in [7, 11) is 1.79. The molecule has 0 unspecified atom stereocenters. The van der Waals surface area contributed by atoms with Crippen LogP contribution in [0.5, 0.6) is 0 Å². The summed E-state index contributed by atoms with van der Waals surface area (Å²) in [4.78, 5) is 25.1. The predicted octanol–water partition coefficient (Wildman–Crippen LogP) is 4.88. The van der Waals surface area contributed by atoms with Gasteiger partial charge >= 0.3 is 0 Å². The lowest BCUT2D eigenvalue weighted by Crippen LogP contribution is -2.33. The quantitative estimate of drug-likeness (QED) is 0.402. The Bertz CT molecular complexity index is 1170. The van der Waals surface area contributed by atoms with E-state index >= 15 is 0 Å². The topological polar surface area (TPSA) is 88.9 Å². The minimum Gasteiger partial charge on any atom is -0.342 e. The molecule has 0 aliphatic heterocycles. The lowest BCUT2D eigenvalue weighted by atomic mass is 10.0. The van der Waals surface area contributed by atoms with Crippen molar-refractivity contribution in [3.8, 4) is 0 Å². The SMILES string of the molecule is Cc1cccc(C(=O)N[C@H](c2nnc(SCC(=O)Nc3ccc(Br)cc3F)n2C)C(C)C)c1. The summed E-state index contributed by atoms with van der Waals surface area (Å²) in [5.41, 5.74) is 1.69. The number of nitrogens with zero attached hydrogens (tertiary/aromatic N) is 3. The average Bonchev–Trinajstić information content (AvgIpc) is 3.12. The van der Waals surface area contributed by atoms with Crippen molar-refractivity contribution in [3.05, 3.63) is 69.7 Å². The van der Waals surface area contributed by atoms with Crippen molar-refractivity contribution in [3.63, 3.8) is 0 Å². The van der Waals surface area contributed by atoms with Crippen molar-refractivity contribution in [1.29, 1.82) is 0 Å². The van der Waals surface area contributed by atoms with Crippen LogP contribution in [-0.4, -0.2) is 32.3 Å². The third kappa shape index (κ3) is 6.42.